The molecule has 0 radical (unpaired) electrons. The zero-order chi connectivity index (χ0) is 12.1. The lowest BCUT2D eigenvalue weighted by atomic mass is 10.4. The first kappa shape index (κ1) is 17.2. The number of ether oxygens (including phenoxy) is 2. The van der Waals surface area contributed by atoms with Gasteiger partial charge in [0.15, 0.2) is 0 Å². The topological polar surface area (TPSA) is 58.9 Å². The summed E-state index contributed by atoms with van der Waals surface area (Å²) in [6, 6.07) is 0. The van der Waals surface area contributed by atoms with Crippen LogP contribution in [0.1, 0.15) is 34.1 Å². The van der Waals surface area contributed by atoms with Crippen LogP contribution in [0.4, 0.5) is 0 Å². The largest absolute Gasteiger partial charge is 0.391 e. The summed E-state index contributed by atoms with van der Waals surface area (Å²) < 4.78 is 9.84. The molecular formula is C11H26O4. The minimum absolute atomic E-state index is 0.318. The summed E-state index contributed by atoms with van der Waals surface area (Å²) in [6.45, 7) is 9.73. The fraction of sp³-hybridized carbons (Fsp3) is 1.00. The molecule has 0 saturated carbocycles. The molecule has 2 N–H and O–H groups in total. The Morgan fingerprint density at radius 1 is 0.933 bits per heavy atom. The van der Waals surface area contributed by atoms with Crippen LogP contribution >= 0.6 is 0 Å². The van der Waals surface area contributed by atoms with Crippen LogP contribution in [0, 0.1) is 0 Å². The third-order valence-electron chi connectivity index (χ3n) is 1.27. The SMILES string of the molecule is CCCOCC(C)O.CCOCC(C)O. The van der Waals surface area contributed by atoms with Gasteiger partial charge < -0.3 is 19.7 Å². The average Bonchev–Trinajstić information content (AvgIpc) is 2.15. The maximum Gasteiger partial charge on any atom is 0.0745 e. The van der Waals surface area contributed by atoms with Gasteiger partial charge in [-0.25, -0.2) is 0 Å². The Bertz CT molecular complexity index is 105. The van der Waals surface area contributed by atoms with Gasteiger partial charge in [0, 0.05) is 13.2 Å². The molecule has 0 saturated heterocycles. The van der Waals surface area contributed by atoms with Gasteiger partial charge in [-0.05, 0) is 27.2 Å². The van der Waals surface area contributed by atoms with Gasteiger partial charge in [-0.15, -0.1) is 0 Å². The van der Waals surface area contributed by atoms with E-state index in [1.165, 1.54) is 0 Å². The molecule has 0 heterocycles. The smallest absolute Gasteiger partial charge is 0.0745 e. The van der Waals surface area contributed by atoms with E-state index in [9.17, 15) is 0 Å². The van der Waals surface area contributed by atoms with Crippen LogP contribution in [0.2, 0.25) is 0 Å². The molecule has 94 valence electrons. The molecule has 0 aliphatic heterocycles. The van der Waals surface area contributed by atoms with Gasteiger partial charge >= 0.3 is 0 Å². The highest BCUT2D eigenvalue weighted by atomic mass is 16.5. The molecule has 0 aliphatic rings. The lowest BCUT2D eigenvalue weighted by molar-refractivity contribution is 0.0466. The monoisotopic (exact) mass is 222 g/mol. The highest BCUT2D eigenvalue weighted by molar-refractivity contribution is 4.39. The van der Waals surface area contributed by atoms with Gasteiger partial charge in [0.1, 0.15) is 0 Å². The minimum atomic E-state index is -0.319. The van der Waals surface area contributed by atoms with Crippen LogP contribution in [-0.2, 0) is 9.47 Å². The number of aliphatic hydroxyl groups is 2. The molecule has 4 nitrogen and oxygen atoms in total. The molecule has 0 fully saturated rings. The molecule has 0 amide bonds. The lowest BCUT2D eigenvalue weighted by Gasteiger charge is -2.02. The molecule has 0 aromatic rings. The van der Waals surface area contributed by atoms with E-state index in [4.69, 9.17) is 19.7 Å². The molecule has 0 bridgehead atoms. The first-order chi connectivity index (χ1) is 7.04. The number of hydrogen-bond donors (Lipinski definition) is 2. The standard InChI is InChI=1S/C6H14O2.C5H12O2/c1-3-4-8-5-6(2)7;1-3-7-4-5(2)6/h6-7H,3-5H2,1-2H3;5-6H,3-4H2,1-2H3. The first-order valence-electron chi connectivity index (χ1n) is 5.56. The lowest BCUT2D eigenvalue weighted by Crippen LogP contribution is -2.10. The van der Waals surface area contributed by atoms with Gasteiger partial charge in [-0.3, -0.25) is 0 Å². The predicted octanol–water partition coefficient (Wildman–Crippen LogP) is 1.20. The second kappa shape index (κ2) is 13.8. The second-order valence-electron chi connectivity index (χ2n) is 3.43. The summed E-state index contributed by atoms with van der Waals surface area (Å²) >= 11 is 0. The highest BCUT2D eigenvalue weighted by Gasteiger charge is 1.91. The van der Waals surface area contributed by atoms with Gasteiger partial charge in [-0.2, -0.15) is 0 Å². The molecule has 4 heteroatoms. The van der Waals surface area contributed by atoms with E-state index >= 15 is 0 Å². The van der Waals surface area contributed by atoms with Gasteiger partial charge in [0.2, 0.25) is 0 Å². The van der Waals surface area contributed by atoms with E-state index in [0.29, 0.717) is 19.8 Å². The Kier molecular flexibility index (Phi) is 15.9. The van der Waals surface area contributed by atoms with Crippen molar-refractivity contribution in [1.82, 2.24) is 0 Å². The number of rotatable bonds is 7. The van der Waals surface area contributed by atoms with E-state index in [0.717, 1.165) is 13.0 Å². The van der Waals surface area contributed by atoms with Crippen molar-refractivity contribution in [3.8, 4) is 0 Å². The Balaban J connectivity index is 0. The summed E-state index contributed by atoms with van der Waals surface area (Å²) in [5.41, 5.74) is 0. The molecule has 0 aromatic carbocycles. The van der Waals surface area contributed by atoms with Gasteiger partial charge in [0.05, 0.1) is 25.4 Å². The molecule has 0 aliphatic carbocycles. The summed E-state index contributed by atoms with van der Waals surface area (Å²) in [5, 5.41) is 17.2. The summed E-state index contributed by atoms with van der Waals surface area (Å²) in [6.07, 6.45) is 0.383. The van der Waals surface area contributed by atoms with Crippen molar-refractivity contribution in [3.05, 3.63) is 0 Å². The maximum atomic E-state index is 8.65. The van der Waals surface area contributed by atoms with E-state index in [1.807, 2.05) is 13.8 Å². The average molecular weight is 222 g/mol. The minimum Gasteiger partial charge on any atom is -0.391 e. The van der Waals surface area contributed by atoms with Crippen LogP contribution in [0.5, 0.6) is 0 Å². The third kappa shape index (κ3) is 24.8. The van der Waals surface area contributed by atoms with Crippen molar-refractivity contribution >= 4 is 0 Å². The fourth-order valence-corrected chi connectivity index (χ4v) is 0.687. The predicted molar refractivity (Wildman–Crippen MR) is 61.0 cm³/mol. The molecule has 15 heavy (non-hydrogen) atoms. The molecule has 2 unspecified atom stereocenters. The third-order valence-corrected chi connectivity index (χ3v) is 1.27. The van der Waals surface area contributed by atoms with E-state index in [-0.39, 0.29) is 12.2 Å². The second-order valence-corrected chi connectivity index (χ2v) is 3.43. The van der Waals surface area contributed by atoms with Crippen molar-refractivity contribution in [2.75, 3.05) is 26.4 Å². The van der Waals surface area contributed by atoms with Gasteiger partial charge in [-0.1, -0.05) is 6.92 Å². The van der Waals surface area contributed by atoms with Crippen LogP contribution in [0.3, 0.4) is 0 Å². The Morgan fingerprint density at radius 3 is 1.67 bits per heavy atom. The van der Waals surface area contributed by atoms with Crippen molar-refractivity contribution in [1.29, 1.82) is 0 Å². The van der Waals surface area contributed by atoms with Crippen LogP contribution < -0.4 is 0 Å². The molecule has 0 aromatic heterocycles. The Hall–Kier alpha value is -0.160. The molecule has 0 rings (SSSR count). The van der Waals surface area contributed by atoms with Crippen LogP contribution in [0.15, 0.2) is 0 Å². The number of hydrogen-bond acceptors (Lipinski definition) is 4. The van der Waals surface area contributed by atoms with E-state index in [2.05, 4.69) is 0 Å². The summed E-state index contributed by atoms with van der Waals surface area (Å²) in [4.78, 5) is 0. The normalized spacial score (nSPS) is 14.0. The Morgan fingerprint density at radius 2 is 1.40 bits per heavy atom. The first-order valence-corrected chi connectivity index (χ1v) is 5.56. The number of aliphatic hydroxyl groups excluding tert-OH is 2. The quantitative estimate of drug-likeness (QED) is 0.635. The maximum absolute atomic E-state index is 8.65. The Labute approximate surface area is 93.2 Å². The van der Waals surface area contributed by atoms with E-state index < -0.39 is 0 Å². The summed E-state index contributed by atoms with van der Waals surface area (Å²) in [7, 11) is 0. The van der Waals surface area contributed by atoms with Crippen molar-refractivity contribution in [2.24, 2.45) is 0 Å². The zero-order valence-corrected chi connectivity index (χ0v) is 10.4. The fourth-order valence-electron chi connectivity index (χ4n) is 0.687. The van der Waals surface area contributed by atoms with Crippen molar-refractivity contribution in [3.63, 3.8) is 0 Å². The van der Waals surface area contributed by atoms with E-state index in [1.54, 1.807) is 13.8 Å². The van der Waals surface area contributed by atoms with Crippen molar-refractivity contribution < 1.29 is 19.7 Å². The van der Waals surface area contributed by atoms with Crippen molar-refractivity contribution in [2.45, 2.75) is 46.3 Å². The van der Waals surface area contributed by atoms with Gasteiger partial charge in [0.25, 0.3) is 0 Å². The summed E-state index contributed by atoms with van der Waals surface area (Å²) in [5.74, 6) is 0. The molecule has 0 spiro atoms. The highest BCUT2D eigenvalue weighted by Crippen LogP contribution is 1.83. The van der Waals surface area contributed by atoms with Crippen LogP contribution in [-0.4, -0.2) is 48.8 Å². The zero-order valence-electron chi connectivity index (χ0n) is 10.4. The van der Waals surface area contributed by atoms with Crippen LogP contribution in [0.25, 0.3) is 0 Å². The molecular weight excluding hydrogens is 196 g/mol. The molecule has 2 atom stereocenters.